The quantitative estimate of drug-likeness (QED) is 0.284. The van der Waals surface area contributed by atoms with Crippen LogP contribution in [0.15, 0.2) is 59.0 Å². The number of aromatic nitrogens is 1. The number of nitrogens with zero attached hydrogens (tertiary/aromatic N) is 1. The Morgan fingerprint density at radius 2 is 1.77 bits per heavy atom. The number of benzene rings is 2. The van der Waals surface area contributed by atoms with Gasteiger partial charge in [-0.25, -0.2) is 9.78 Å². The van der Waals surface area contributed by atoms with Crippen LogP contribution in [0.25, 0.3) is 33.5 Å². The molecule has 0 fully saturated rings. The highest BCUT2D eigenvalue weighted by molar-refractivity contribution is 6.33. The van der Waals surface area contributed by atoms with E-state index >= 15 is 0 Å². The highest BCUT2D eigenvalue weighted by atomic mass is 35.5. The molecule has 35 heavy (non-hydrogen) atoms. The minimum absolute atomic E-state index is 0.0459. The first-order valence-electron chi connectivity index (χ1n) is 10.8. The van der Waals surface area contributed by atoms with Crippen LogP contribution in [-0.2, 0) is 0 Å². The lowest BCUT2D eigenvalue weighted by molar-refractivity contribution is 0.0457. The number of carbonyl (C=O) groups excluding carboxylic acids is 2. The fourth-order valence-electron chi connectivity index (χ4n) is 3.51. The molecule has 0 aliphatic rings. The van der Waals surface area contributed by atoms with E-state index < -0.39 is 17.5 Å². The summed E-state index contributed by atoms with van der Waals surface area (Å²) in [7, 11) is 0. The van der Waals surface area contributed by atoms with Crippen molar-refractivity contribution in [2.24, 2.45) is 0 Å². The molecule has 9 heteroatoms. The number of halogens is 2. The van der Waals surface area contributed by atoms with Crippen molar-refractivity contribution < 1.29 is 23.8 Å². The molecule has 0 saturated carbocycles. The monoisotopic (exact) mass is 512 g/mol. The second-order valence-electron chi connectivity index (χ2n) is 8.29. The van der Waals surface area contributed by atoms with Gasteiger partial charge in [0.1, 0.15) is 5.60 Å². The summed E-state index contributed by atoms with van der Waals surface area (Å²) in [5.74, 6) is -1.21. The van der Waals surface area contributed by atoms with Gasteiger partial charge in [0.2, 0.25) is 17.3 Å². The van der Waals surface area contributed by atoms with Gasteiger partial charge in [-0.05, 0) is 50.6 Å². The van der Waals surface area contributed by atoms with Crippen LogP contribution >= 0.6 is 23.2 Å². The number of furan rings is 1. The van der Waals surface area contributed by atoms with Crippen LogP contribution < -0.4 is 10.1 Å². The highest BCUT2D eigenvalue weighted by Crippen LogP contribution is 2.42. The van der Waals surface area contributed by atoms with E-state index in [1.165, 1.54) is 13.8 Å². The number of ketones is 1. The van der Waals surface area contributed by atoms with E-state index in [-0.39, 0.29) is 22.6 Å². The zero-order valence-electron chi connectivity index (χ0n) is 19.2. The zero-order valence-corrected chi connectivity index (χ0v) is 20.7. The first-order valence-corrected chi connectivity index (χ1v) is 11.6. The van der Waals surface area contributed by atoms with Crippen LogP contribution in [0.1, 0.15) is 31.3 Å². The number of amides is 1. The molecule has 4 rings (SSSR count). The maximum Gasteiger partial charge on any atom is 0.412 e. The number of hydrogen-bond acceptors (Lipinski definition) is 6. The first-order chi connectivity index (χ1) is 16.6. The molecule has 0 aliphatic carbocycles. The second kappa shape index (κ2) is 9.70. The third kappa shape index (κ3) is 5.03. The fraction of sp³-hybridized carbons (Fsp3) is 0.192. The molecular weight excluding hydrogens is 491 g/mol. The molecule has 7 nitrogen and oxygen atoms in total. The molecule has 4 aromatic rings. The van der Waals surface area contributed by atoms with Gasteiger partial charge in [0, 0.05) is 27.7 Å². The Balaban J connectivity index is 2.04. The molecule has 2 heterocycles. The van der Waals surface area contributed by atoms with Gasteiger partial charge in [0.25, 0.3) is 0 Å². The van der Waals surface area contributed by atoms with E-state index in [9.17, 15) is 14.7 Å². The minimum Gasteiger partial charge on any atom is -0.430 e. The lowest BCUT2D eigenvalue weighted by atomic mass is 9.97. The lowest BCUT2D eigenvalue weighted by Gasteiger charge is -2.14. The van der Waals surface area contributed by atoms with E-state index in [1.54, 1.807) is 37.3 Å². The number of nitrogens with one attached hydrogen (secondary N) is 1. The van der Waals surface area contributed by atoms with Crippen LogP contribution in [0.4, 0.5) is 4.79 Å². The van der Waals surface area contributed by atoms with Crippen molar-refractivity contribution in [2.45, 2.75) is 26.4 Å². The normalized spacial score (nSPS) is 11.5. The van der Waals surface area contributed by atoms with Gasteiger partial charge in [-0.15, -0.1) is 0 Å². The second-order valence-corrected chi connectivity index (χ2v) is 9.14. The molecule has 2 N–H and O–H groups in total. The average molecular weight is 513 g/mol. The van der Waals surface area contributed by atoms with Crippen LogP contribution in [0, 0.1) is 0 Å². The van der Waals surface area contributed by atoms with Crippen molar-refractivity contribution in [1.82, 2.24) is 10.3 Å². The molecular formula is C26H22Cl2N2O5. The maximum atomic E-state index is 13.0. The summed E-state index contributed by atoms with van der Waals surface area (Å²) in [6.45, 7) is 4.68. The van der Waals surface area contributed by atoms with Gasteiger partial charge in [0.15, 0.2) is 5.75 Å². The van der Waals surface area contributed by atoms with Gasteiger partial charge in [-0.2, -0.15) is 0 Å². The van der Waals surface area contributed by atoms with Crippen LogP contribution in [0.3, 0.4) is 0 Å². The smallest absolute Gasteiger partial charge is 0.412 e. The fourth-order valence-corrected chi connectivity index (χ4v) is 3.86. The van der Waals surface area contributed by atoms with Crippen molar-refractivity contribution in [1.29, 1.82) is 0 Å². The zero-order chi connectivity index (χ0) is 25.3. The van der Waals surface area contributed by atoms with Crippen LogP contribution in [0.5, 0.6) is 5.75 Å². The highest BCUT2D eigenvalue weighted by Gasteiger charge is 2.34. The number of ether oxygens (including phenoxy) is 1. The third-order valence-corrected chi connectivity index (χ3v) is 5.78. The Hall–Kier alpha value is -3.39. The number of rotatable bonds is 6. The topological polar surface area (TPSA) is 102 Å². The molecule has 1 amide bonds. The van der Waals surface area contributed by atoms with E-state index in [0.29, 0.717) is 33.4 Å². The Bertz CT molecular complexity index is 1420. The first kappa shape index (κ1) is 24.7. The summed E-state index contributed by atoms with van der Waals surface area (Å²) in [5, 5.41) is 14.2. The predicted octanol–water partition coefficient (Wildman–Crippen LogP) is 6.53. The molecule has 2 aromatic carbocycles. The number of hydrogen-bond donors (Lipinski definition) is 2. The molecule has 2 aromatic heterocycles. The Morgan fingerprint density at radius 1 is 1.09 bits per heavy atom. The van der Waals surface area contributed by atoms with E-state index in [2.05, 4.69) is 10.3 Å². The van der Waals surface area contributed by atoms with Crippen LogP contribution in [-0.4, -0.2) is 34.1 Å². The van der Waals surface area contributed by atoms with E-state index in [1.807, 2.05) is 24.3 Å². The summed E-state index contributed by atoms with van der Waals surface area (Å²) < 4.78 is 11.3. The standard InChI is InChI=1S/C26H22Cl2N2O5/c1-4-29-25(32)35-21-18-13-17(14-9-11-15(27)12-10-14)20(16-7-5-6-8-19(16)28)30-24(18)34-22(21)23(31)26(2,3)33/h5-13,33H,4H2,1-3H3,(H,29,32). The Kier molecular flexibility index (Phi) is 6.85. The Labute approximate surface area is 211 Å². The molecule has 180 valence electrons. The molecule has 0 saturated heterocycles. The van der Waals surface area contributed by atoms with Gasteiger partial charge in [-0.1, -0.05) is 53.5 Å². The summed E-state index contributed by atoms with van der Waals surface area (Å²) in [6.07, 6.45) is -0.775. The van der Waals surface area contributed by atoms with Gasteiger partial charge in [0.05, 0.1) is 11.1 Å². The van der Waals surface area contributed by atoms with Gasteiger partial charge in [-0.3, -0.25) is 4.79 Å². The predicted molar refractivity (Wildman–Crippen MR) is 135 cm³/mol. The molecule has 0 spiro atoms. The summed E-state index contributed by atoms with van der Waals surface area (Å²) in [6, 6.07) is 16.0. The van der Waals surface area contributed by atoms with Gasteiger partial charge >= 0.3 is 6.09 Å². The number of fused-ring (bicyclic) bond motifs is 1. The largest absolute Gasteiger partial charge is 0.430 e. The lowest BCUT2D eigenvalue weighted by Crippen LogP contribution is -2.32. The van der Waals surface area contributed by atoms with Crippen molar-refractivity contribution in [2.75, 3.05) is 6.54 Å². The van der Waals surface area contributed by atoms with Crippen molar-refractivity contribution in [3.05, 3.63) is 70.4 Å². The van der Waals surface area contributed by atoms with E-state index in [4.69, 9.17) is 32.4 Å². The summed E-state index contributed by atoms with van der Waals surface area (Å²) in [4.78, 5) is 30.0. The minimum atomic E-state index is -1.78. The van der Waals surface area contributed by atoms with Crippen molar-refractivity contribution >= 4 is 46.2 Å². The number of Topliss-reactive ketones (excluding diaryl/α,β-unsaturated/α-hetero) is 1. The van der Waals surface area contributed by atoms with Crippen molar-refractivity contribution in [3.63, 3.8) is 0 Å². The third-order valence-electron chi connectivity index (χ3n) is 5.20. The maximum absolute atomic E-state index is 13.0. The molecule has 0 unspecified atom stereocenters. The molecule has 0 radical (unpaired) electrons. The molecule has 0 bridgehead atoms. The SMILES string of the molecule is CCNC(=O)Oc1c(C(=O)C(C)(C)O)oc2nc(-c3ccccc3Cl)c(-c3ccc(Cl)cc3)cc12. The summed E-state index contributed by atoms with van der Waals surface area (Å²) in [5.41, 5.74) is 0.803. The molecule has 0 aliphatic heterocycles. The number of carbonyl (C=O) groups is 2. The number of aliphatic hydroxyl groups is 1. The average Bonchev–Trinajstić information content (AvgIpc) is 3.15. The molecule has 0 atom stereocenters. The Morgan fingerprint density at radius 3 is 2.40 bits per heavy atom. The van der Waals surface area contributed by atoms with E-state index in [0.717, 1.165) is 5.56 Å². The number of pyridine rings is 1. The van der Waals surface area contributed by atoms with Crippen molar-refractivity contribution in [3.8, 4) is 28.1 Å². The van der Waals surface area contributed by atoms with Gasteiger partial charge < -0.3 is 19.6 Å². The summed E-state index contributed by atoms with van der Waals surface area (Å²) >= 11 is 12.6. The van der Waals surface area contributed by atoms with Crippen LogP contribution in [0.2, 0.25) is 10.0 Å².